The number of carbonyl (C=O) groups excluding carboxylic acids is 1. The zero-order valence-corrected chi connectivity index (χ0v) is 17.3. The number of amides is 1. The predicted octanol–water partition coefficient (Wildman–Crippen LogP) is 1.80. The number of anilines is 1. The van der Waals surface area contributed by atoms with Crippen LogP contribution in [0, 0.1) is 13.8 Å². The summed E-state index contributed by atoms with van der Waals surface area (Å²) >= 11 is 1.29. The molecule has 8 nitrogen and oxygen atoms in total. The Morgan fingerprint density at radius 1 is 1.27 bits per heavy atom. The minimum absolute atomic E-state index is 0.132. The van der Waals surface area contributed by atoms with E-state index in [1.54, 1.807) is 13.0 Å². The Morgan fingerprint density at radius 3 is 2.46 bits per heavy atom. The molecule has 0 unspecified atom stereocenters. The van der Waals surface area contributed by atoms with Gasteiger partial charge in [0.1, 0.15) is 5.82 Å². The molecule has 1 aromatic heterocycles. The van der Waals surface area contributed by atoms with Gasteiger partial charge in [-0.1, -0.05) is 17.8 Å². The van der Waals surface area contributed by atoms with Crippen LogP contribution in [-0.2, 0) is 21.9 Å². The van der Waals surface area contributed by atoms with Crippen molar-refractivity contribution in [3.8, 4) is 0 Å². The molecular formula is C16H23N5O3S2. The number of aryl methyl sites for hydroxylation is 2. The number of rotatable bonds is 6. The topological polar surface area (TPSA) is 97.2 Å². The van der Waals surface area contributed by atoms with E-state index in [1.165, 1.54) is 38.0 Å². The fourth-order valence-corrected chi connectivity index (χ4v) is 3.83. The van der Waals surface area contributed by atoms with Crippen LogP contribution in [0.1, 0.15) is 18.3 Å². The third-order valence-corrected chi connectivity index (χ3v) is 6.89. The maximum atomic E-state index is 12.5. The zero-order chi connectivity index (χ0) is 19.6. The lowest BCUT2D eigenvalue weighted by Gasteiger charge is -2.16. The van der Waals surface area contributed by atoms with E-state index in [0.29, 0.717) is 10.8 Å². The lowest BCUT2D eigenvalue weighted by molar-refractivity contribution is -0.115. The number of benzene rings is 1. The maximum Gasteiger partial charge on any atom is 0.242 e. The summed E-state index contributed by atoms with van der Waals surface area (Å²) in [5, 5.41) is 11.0. The first kappa shape index (κ1) is 20.4. The molecule has 142 valence electrons. The number of nitrogens with one attached hydrogen (secondary N) is 1. The van der Waals surface area contributed by atoms with Gasteiger partial charge in [-0.2, -0.15) is 0 Å². The largest absolute Gasteiger partial charge is 0.325 e. The van der Waals surface area contributed by atoms with Crippen molar-refractivity contribution in [2.24, 2.45) is 7.05 Å². The smallest absolute Gasteiger partial charge is 0.242 e. The molecule has 2 aromatic rings. The number of hydrogen-bond acceptors (Lipinski definition) is 6. The van der Waals surface area contributed by atoms with Crippen molar-refractivity contribution in [3.63, 3.8) is 0 Å². The van der Waals surface area contributed by atoms with E-state index in [4.69, 9.17) is 0 Å². The molecule has 26 heavy (non-hydrogen) atoms. The number of nitrogens with zero attached hydrogens (tertiary/aromatic N) is 4. The van der Waals surface area contributed by atoms with Crippen LogP contribution >= 0.6 is 11.8 Å². The van der Waals surface area contributed by atoms with Gasteiger partial charge in [0.15, 0.2) is 5.16 Å². The van der Waals surface area contributed by atoms with E-state index in [-0.39, 0.29) is 10.8 Å². The number of thioether (sulfide) groups is 1. The monoisotopic (exact) mass is 397 g/mol. The summed E-state index contributed by atoms with van der Waals surface area (Å²) < 4.78 is 27.5. The summed E-state index contributed by atoms with van der Waals surface area (Å²) in [5.41, 5.74) is 1.25. The minimum atomic E-state index is -3.57. The van der Waals surface area contributed by atoms with Crippen LogP contribution in [0.25, 0.3) is 0 Å². The van der Waals surface area contributed by atoms with E-state index in [0.717, 1.165) is 15.7 Å². The van der Waals surface area contributed by atoms with Crippen molar-refractivity contribution in [1.29, 1.82) is 0 Å². The first-order valence-corrected chi connectivity index (χ1v) is 10.2. The summed E-state index contributed by atoms with van der Waals surface area (Å²) in [4.78, 5) is 12.7. The Kier molecular flexibility index (Phi) is 6.09. The zero-order valence-electron chi connectivity index (χ0n) is 15.6. The van der Waals surface area contributed by atoms with Crippen molar-refractivity contribution in [3.05, 3.63) is 29.6 Å². The minimum Gasteiger partial charge on any atom is -0.325 e. The Morgan fingerprint density at radius 2 is 1.92 bits per heavy atom. The van der Waals surface area contributed by atoms with Gasteiger partial charge in [0.05, 0.1) is 10.1 Å². The van der Waals surface area contributed by atoms with Crippen molar-refractivity contribution in [2.75, 3.05) is 19.4 Å². The third-order valence-electron chi connectivity index (χ3n) is 3.95. The van der Waals surface area contributed by atoms with Gasteiger partial charge >= 0.3 is 0 Å². The van der Waals surface area contributed by atoms with Gasteiger partial charge in [-0.25, -0.2) is 12.7 Å². The molecule has 0 saturated carbocycles. The van der Waals surface area contributed by atoms with E-state index in [2.05, 4.69) is 15.5 Å². The van der Waals surface area contributed by atoms with Crippen LogP contribution in [0.3, 0.4) is 0 Å². The van der Waals surface area contributed by atoms with Gasteiger partial charge in [0.25, 0.3) is 0 Å². The second kappa shape index (κ2) is 7.77. The van der Waals surface area contributed by atoms with Gasteiger partial charge in [-0.3, -0.25) is 4.79 Å². The van der Waals surface area contributed by atoms with E-state index < -0.39 is 15.3 Å². The first-order valence-electron chi connectivity index (χ1n) is 7.90. The van der Waals surface area contributed by atoms with Crippen molar-refractivity contribution >= 4 is 33.4 Å². The van der Waals surface area contributed by atoms with Crippen LogP contribution in [0.2, 0.25) is 0 Å². The maximum absolute atomic E-state index is 12.5. The van der Waals surface area contributed by atoms with Crippen LogP contribution in [-0.4, -0.2) is 52.7 Å². The fraction of sp³-hybridized carbons (Fsp3) is 0.438. The van der Waals surface area contributed by atoms with Crippen molar-refractivity contribution in [2.45, 2.75) is 36.1 Å². The second-order valence-corrected chi connectivity index (χ2v) is 9.56. The summed E-state index contributed by atoms with van der Waals surface area (Å²) in [6.07, 6.45) is 0. The van der Waals surface area contributed by atoms with Gasteiger partial charge in [0, 0.05) is 26.8 Å². The number of hydrogen-bond donors (Lipinski definition) is 1. The van der Waals surface area contributed by atoms with Gasteiger partial charge in [0.2, 0.25) is 15.9 Å². The number of carbonyl (C=O) groups is 1. The standard InChI is InChI=1S/C16H23N5O3S2/c1-10-7-8-13(26(23,24)20(4)5)9-14(10)17-15(22)11(2)25-16-19-18-12(3)21(16)6/h7-9,11H,1-6H3,(H,17,22)/t11-/m1/s1. The van der Waals surface area contributed by atoms with Crippen LogP contribution in [0.4, 0.5) is 5.69 Å². The highest BCUT2D eigenvalue weighted by molar-refractivity contribution is 8.00. The highest BCUT2D eigenvalue weighted by Crippen LogP contribution is 2.25. The molecule has 0 aliphatic carbocycles. The summed E-state index contributed by atoms with van der Waals surface area (Å²) in [6, 6.07) is 4.68. The predicted molar refractivity (Wildman–Crippen MR) is 102 cm³/mol. The highest BCUT2D eigenvalue weighted by atomic mass is 32.2. The van der Waals surface area contributed by atoms with E-state index in [9.17, 15) is 13.2 Å². The van der Waals surface area contributed by atoms with Gasteiger partial charge in [-0.05, 0) is 38.5 Å². The molecule has 2 rings (SSSR count). The molecular weight excluding hydrogens is 374 g/mol. The summed E-state index contributed by atoms with van der Waals surface area (Å²) in [6.45, 7) is 5.41. The molecule has 0 radical (unpaired) electrons. The van der Waals surface area contributed by atoms with Crippen LogP contribution in [0.5, 0.6) is 0 Å². The number of aromatic nitrogens is 3. The second-order valence-electron chi connectivity index (χ2n) is 6.10. The van der Waals surface area contributed by atoms with Gasteiger partial charge < -0.3 is 9.88 Å². The third kappa shape index (κ3) is 4.25. The average Bonchev–Trinajstić information content (AvgIpc) is 2.88. The highest BCUT2D eigenvalue weighted by Gasteiger charge is 2.21. The Hall–Kier alpha value is -1.91. The molecule has 1 atom stereocenters. The lowest BCUT2D eigenvalue weighted by atomic mass is 10.2. The van der Waals surface area contributed by atoms with Crippen molar-refractivity contribution < 1.29 is 13.2 Å². The molecule has 10 heteroatoms. The molecule has 1 heterocycles. The van der Waals surface area contributed by atoms with E-state index >= 15 is 0 Å². The molecule has 1 N–H and O–H groups in total. The molecule has 0 spiro atoms. The van der Waals surface area contributed by atoms with Crippen LogP contribution in [0.15, 0.2) is 28.3 Å². The van der Waals surface area contributed by atoms with Crippen molar-refractivity contribution in [1.82, 2.24) is 19.1 Å². The SMILES string of the molecule is Cc1ccc(S(=O)(=O)N(C)C)cc1NC(=O)[C@@H](C)Sc1nnc(C)n1C. The quantitative estimate of drug-likeness (QED) is 0.747. The molecule has 0 aliphatic rings. The molecule has 0 fully saturated rings. The molecule has 0 aliphatic heterocycles. The van der Waals surface area contributed by atoms with Crippen LogP contribution < -0.4 is 5.32 Å². The molecule has 0 bridgehead atoms. The first-order chi connectivity index (χ1) is 12.0. The summed E-state index contributed by atoms with van der Waals surface area (Å²) in [5.74, 6) is 0.524. The van der Waals surface area contributed by atoms with E-state index in [1.807, 2.05) is 25.5 Å². The number of sulfonamides is 1. The lowest BCUT2D eigenvalue weighted by Crippen LogP contribution is -2.25. The molecule has 1 amide bonds. The molecule has 1 aromatic carbocycles. The Labute approximate surface area is 158 Å². The Bertz CT molecular complexity index is 922. The fourth-order valence-electron chi connectivity index (χ4n) is 2.04. The average molecular weight is 398 g/mol. The normalized spacial score (nSPS) is 13.0. The Balaban J connectivity index is 2.19. The van der Waals surface area contributed by atoms with Gasteiger partial charge in [-0.15, -0.1) is 10.2 Å². The summed E-state index contributed by atoms with van der Waals surface area (Å²) in [7, 11) is 1.20. The molecule has 0 saturated heterocycles.